The molecule has 1 heterocycles. The number of hydrogen-bond donors (Lipinski definition) is 1. The molecule has 0 saturated heterocycles. The van der Waals surface area contributed by atoms with E-state index in [1.165, 1.54) is 4.88 Å². The van der Waals surface area contributed by atoms with Gasteiger partial charge in [-0.05, 0) is 53.4 Å². The number of carbonyl (C=O) groups excluding carboxylic acids is 1. The molecular formula is C13H19BrN2OS. The number of halogens is 1. The van der Waals surface area contributed by atoms with Gasteiger partial charge >= 0.3 is 0 Å². The maximum atomic E-state index is 12.4. The highest BCUT2D eigenvalue weighted by Gasteiger charge is 2.33. The molecule has 1 aliphatic carbocycles. The van der Waals surface area contributed by atoms with Gasteiger partial charge in [0, 0.05) is 17.8 Å². The number of carbonyl (C=O) groups is 1. The van der Waals surface area contributed by atoms with Crippen molar-refractivity contribution in [3.63, 3.8) is 0 Å². The average Bonchev–Trinajstić information content (AvgIpc) is 2.96. The molecule has 0 radical (unpaired) electrons. The molecule has 5 heteroatoms. The predicted molar refractivity (Wildman–Crippen MR) is 78.4 cm³/mol. The minimum atomic E-state index is 0.142. The molecule has 100 valence electrons. The highest BCUT2D eigenvalue weighted by Crippen LogP contribution is 2.32. The predicted octanol–water partition coefficient (Wildman–Crippen LogP) is 2.84. The molecule has 1 saturated carbocycles. The Balaban J connectivity index is 1.96. The van der Waals surface area contributed by atoms with Crippen molar-refractivity contribution in [3.05, 3.63) is 20.8 Å². The van der Waals surface area contributed by atoms with Crippen LogP contribution in [0.1, 0.15) is 24.1 Å². The first-order valence-electron chi connectivity index (χ1n) is 6.31. The summed E-state index contributed by atoms with van der Waals surface area (Å²) in [4.78, 5) is 15.4. The molecule has 0 aliphatic heterocycles. The number of nitrogens with two attached hydrogens (primary N) is 1. The largest absolute Gasteiger partial charge is 0.340 e. The number of rotatable bonds is 4. The second kappa shape index (κ2) is 6.17. The first kappa shape index (κ1) is 14.0. The van der Waals surface area contributed by atoms with Crippen molar-refractivity contribution in [2.75, 3.05) is 13.6 Å². The minimum absolute atomic E-state index is 0.142. The summed E-state index contributed by atoms with van der Waals surface area (Å²) in [7, 11) is 1.89. The summed E-state index contributed by atoms with van der Waals surface area (Å²) in [6, 6.07) is 4.09. The van der Waals surface area contributed by atoms with Crippen LogP contribution < -0.4 is 5.73 Å². The molecular weight excluding hydrogens is 312 g/mol. The molecule has 1 fully saturated rings. The maximum absolute atomic E-state index is 12.4. The Hall–Kier alpha value is -0.390. The van der Waals surface area contributed by atoms with Gasteiger partial charge in [-0.1, -0.05) is 6.42 Å². The van der Waals surface area contributed by atoms with E-state index in [0.29, 0.717) is 19.0 Å². The van der Waals surface area contributed by atoms with E-state index in [9.17, 15) is 4.79 Å². The lowest BCUT2D eigenvalue weighted by molar-refractivity contribution is -0.135. The molecule has 18 heavy (non-hydrogen) atoms. The van der Waals surface area contributed by atoms with Gasteiger partial charge < -0.3 is 10.6 Å². The summed E-state index contributed by atoms with van der Waals surface area (Å²) in [6.45, 7) is 1.33. The van der Waals surface area contributed by atoms with Crippen molar-refractivity contribution in [3.8, 4) is 0 Å². The van der Waals surface area contributed by atoms with Crippen LogP contribution in [-0.2, 0) is 11.3 Å². The maximum Gasteiger partial charge on any atom is 0.226 e. The molecule has 1 aromatic rings. The van der Waals surface area contributed by atoms with Crippen molar-refractivity contribution < 1.29 is 4.79 Å². The quantitative estimate of drug-likeness (QED) is 0.922. The van der Waals surface area contributed by atoms with E-state index < -0.39 is 0 Å². The Morgan fingerprint density at radius 3 is 2.94 bits per heavy atom. The van der Waals surface area contributed by atoms with Crippen LogP contribution in [0.5, 0.6) is 0 Å². The number of amides is 1. The summed E-state index contributed by atoms with van der Waals surface area (Å²) in [5.74, 6) is 0.783. The SMILES string of the molecule is CN(Cc1ccc(Br)s1)C(=O)[C@@H]1CCC[C@@H]1CN. The van der Waals surface area contributed by atoms with Gasteiger partial charge in [-0.15, -0.1) is 11.3 Å². The fourth-order valence-corrected chi connectivity index (χ4v) is 4.21. The van der Waals surface area contributed by atoms with Crippen LogP contribution in [-0.4, -0.2) is 24.4 Å². The summed E-state index contributed by atoms with van der Waals surface area (Å²) >= 11 is 5.13. The van der Waals surface area contributed by atoms with Crippen LogP contribution in [0, 0.1) is 11.8 Å². The van der Waals surface area contributed by atoms with Gasteiger partial charge in [-0.25, -0.2) is 0 Å². The van der Waals surface area contributed by atoms with Gasteiger partial charge in [-0.3, -0.25) is 4.79 Å². The van der Waals surface area contributed by atoms with Gasteiger partial charge in [0.25, 0.3) is 0 Å². The summed E-state index contributed by atoms with van der Waals surface area (Å²) in [5, 5.41) is 0. The number of hydrogen-bond acceptors (Lipinski definition) is 3. The van der Waals surface area contributed by atoms with Crippen molar-refractivity contribution in [2.45, 2.75) is 25.8 Å². The third-order valence-electron chi connectivity index (χ3n) is 3.68. The highest BCUT2D eigenvalue weighted by atomic mass is 79.9. The molecule has 2 N–H and O–H groups in total. The van der Waals surface area contributed by atoms with E-state index in [2.05, 4.69) is 22.0 Å². The van der Waals surface area contributed by atoms with E-state index in [4.69, 9.17) is 5.73 Å². The minimum Gasteiger partial charge on any atom is -0.340 e. The van der Waals surface area contributed by atoms with Crippen LogP contribution in [0.3, 0.4) is 0 Å². The topological polar surface area (TPSA) is 46.3 Å². The molecule has 2 atom stereocenters. The van der Waals surface area contributed by atoms with E-state index in [0.717, 1.165) is 23.0 Å². The molecule has 0 bridgehead atoms. The summed E-state index contributed by atoms with van der Waals surface area (Å²) in [6.07, 6.45) is 3.24. The van der Waals surface area contributed by atoms with E-state index >= 15 is 0 Å². The van der Waals surface area contributed by atoms with Gasteiger partial charge in [0.15, 0.2) is 0 Å². The fourth-order valence-electron chi connectivity index (χ4n) is 2.68. The first-order chi connectivity index (χ1) is 8.61. The van der Waals surface area contributed by atoms with Crippen LogP contribution >= 0.6 is 27.3 Å². The normalized spacial score (nSPS) is 23.3. The lowest BCUT2D eigenvalue weighted by atomic mass is 9.95. The van der Waals surface area contributed by atoms with Gasteiger partial charge in [0.05, 0.1) is 10.3 Å². The summed E-state index contributed by atoms with van der Waals surface area (Å²) in [5.41, 5.74) is 5.74. The monoisotopic (exact) mass is 330 g/mol. The Labute approximate surface area is 120 Å². The van der Waals surface area contributed by atoms with Crippen molar-refractivity contribution in [1.29, 1.82) is 0 Å². The molecule has 1 aromatic heterocycles. The van der Waals surface area contributed by atoms with Crippen LogP contribution in [0.2, 0.25) is 0 Å². The van der Waals surface area contributed by atoms with Gasteiger partial charge in [-0.2, -0.15) is 0 Å². The van der Waals surface area contributed by atoms with Crippen LogP contribution in [0.25, 0.3) is 0 Å². The van der Waals surface area contributed by atoms with E-state index in [-0.39, 0.29) is 11.8 Å². The molecule has 0 unspecified atom stereocenters. The third kappa shape index (κ3) is 3.13. The van der Waals surface area contributed by atoms with E-state index in [1.54, 1.807) is 11.3 Å². The smallest absolute Gasteiger partial charge is 0.226 e. The molecule has 2 rings (SSSR count). The summed E-state index contributed by atoms with van der Waals surface area (Å²) < 4.78 is 1.11. The second-order valence-electron chi connectivity index (χ2n) is 4.93. The molecule has 0 aromatic carbocycles. The Bertz CT molecular complexity index is 421. The van der Waals surface area contributed by atoms with E-state index in [1.807, 2.05) is 18.0 Å². The number of thiophene rings is 1. The standard InChI is InChI=1S/C13H19BrN2OS/c1-16(8-10-5-6-12(14)18-10)13(17)11-4-2-3-9(11)7-15/h5-6,9,11H,2-4,7-8,15H2,1H3/t9-,11-/m1/s1. The zero-order valence-corrected chi connectivity index (χ0v) is 13.0. The molecule has 0 spiro atoms. The zero-order valence-electron chi connectivity index (χ0n) is 10.6. The third-order valence-corrected chi connectivity index (χ3v) is 5.29. The molecule has 1 amide bonds. The van der Waals surface area contributed by atoms with Crippen molar-refractivity contribution in [2.24, 2.45) is 17.6 Å². The average molecular weight is 331 g/mol. The first-order valence-corrected chi connectivity index (χ1v) is 7.92. The second-order valence-corrected chi connectivity index (χ2v) is 7.48. The van der Waals surface area contributed by atoms with Gasteiger partial charge in [0.1, 0.15) is 0 Å². The lowest BCUT2D eigenvalue weighted by Gasteiger charge is -2.24. The number of nitrogens with zero attached hydrogens (tertiary/aromatic N) is 1. The molecule has 1 aliphatic rings. The van der Waals surface area contributed by atoms with Gasteiger partial charge in [0.2, 0.25) is 5.91 Å². The van der Waals surface area contributed by atoms with Crippen molar-refractivity contribution in [1.82, 2.24) is 4.90 Å². The fraction of sp³-hybridized carbons (Fsp3) is 0.615. The highest BCUT2D eigenvalue weighted by molar-refractivity contribution is 9.11. The van der Waals surface area contributed by atoms with Crippen molar-refractivity contribution >= 4 is 33.2 Å². The zero-order chi connectivity index (χ0) is 13.1. The lowest BCUT2D eigenvalue weighted by Crippen LogP contribution is -2.36. The molecule has 3 nitrogen and oxygen atoms in total. The Morgan fingerprint density at radius 1 is 1.56 bits per heavy atom. The van der Waals surface area contributed by atoms with Crippen LogP contribution in [0.4, 0.5) is 0 Å². The Morgan fingerprint density at radius 2 is 2.33 bits per heavy atom. The van der Waals surface area contributed by atoms with Crippen LogP contribution in [0.15, 0.2) is 15.9 Å². The Kier molecular flexibility index (Phi) is 4.81.